The van der Waals surface area contributed by atoms with Crippen LogP contribution in [0.25, 0.3) is 0 Å². The number of halogens is 1. The monoisotopic (exact) mass is 367 g/mol. The Kier molecular flexibility index (Phi) is 5.05. The van der Waals surface area contributed by atoms with Crippen molar-refractivity contribution in [1.82, 2.24) is 9.97 Å². The van der Waals surface area contributed by atoms with E-state index in [0.29, 0.717) is 11.7 Å². The van der Waals surface area contributed by atoms with Crippen molar-refractivity contribution < 1.29 is 4.39 Å². The number of pyridine rings is 2. The predicted molar refractivity (Wildman–Crippen MR) is 108 cm³/mol. The van der Waals surface area contributed by atoms with Crippen molar-refractivity contribution in [2.45, 2.75) is 63.5 Å². The van der Waals surface area contributed by atoms with Crippen molar-refractivity contribution in [2.24, 2.45) is 4.99 Å². The molecule has 0 aromatic carbocycles. The Morgan fingerprint density at radius 2 is 1.93 bits per heavy atom. The largest absolute Gasteiger partial charge is 0.363 e. The van der Waals surface area contributed by atoms with Gasteiger partial charge in [0, 0.05) is 12.2 Å². The van der Waals surface area contributed by atoms with Gasteiger partial charge in [-0.05, 0) is 68.5 Å². The molecule has 0 saturated heterocycles. The first-order valence-electron chi connectivity index (χ1n) is 9.75. The van der Waals surface area contributed by atoms with Crippen LogP contribution in [0.15, 0.2) is 29.5 Å². The Morgan fingerprint density at radius 1 is 1.11 bits per heavy atom. The summed E-state index contributed by atoms with van der Waals surface area (Å²) in [5.41, 5.74) is 2.90. The van der Waals surface area contributed by atoms with Crippen molar-refractivity contribution >= 4 is 24.0 Å². The topological polar surface area (TPSA) is 62.2 Å². The van der Waals surface area contributed by atoms with Crippen molar-refractivity contribution in [1.29, 1.82) is 0 Å². The lowest BCUT2D eigenvalue weighted by Gasteiger charge is -2.30. The standard InChI is InChI=1S/C21H26FN5/c1-13-9-17(22)21(26-19-6-4-3-5-18(19)23-2)27-20(13)25-16-10-15(11-24-12-16)14-7-8-14/h9-12,14,18-19H,2-8H2,1H3,(H2,25,26,27). The van der Waals surface area contributed by atoms with Crippen LogP contribution >= 0.6 is 0 Å². The molecule has 0 aliphatic heterocycles. The number of aryl methyl sites for hydroxylation is 1. The van der Waals surface area contributed by atoms with Gasteiger partial charge in [0.2, 0.25) is 0 Å². The average molecular weight is 367 g/mol. The molecule has 2 unspecified atom stereocenters. The molecule has 0 spiro atoms. The zero-order valence-corrected chi connectivity index (χ0v) is 15.7. The van der Waals surface area contributed by atoms with Crippen molar-refractivity contribution in [3.05, 3.63) is 41.5 Å². The second kappa shape index (κ2) is 7.62. The van der Waals surface area contributed by atoms with Crippen LogP contribution in [0.5, 0.6) is 0 Å². The number of aromatic nitrogens is 2. The second-order valence-electron chi connectivity index (χ2n) is 7.68. The molecule has 2 aromatic heterocycles. The van der Waals surface area contributed by atoms with Gasteiger partial charge < -0.3 is 10.6 Å². The molecule has 0 radical (unpaired) electrons. The molecule has 142 valence electrons. The third-order valence-corrected chi connectivity index (χ3v) is 5.52. The fourth-order valence-corrected chi connectivity index (χ4v) is 3.78. The molecule has 2 fully saturated rings. The third-order valence-electron chi connectivity index (χ3n) is 5.52. The Bertz CT molecular complexity index is 833. The van der Waals surface area contributed by atoms with E-state index >= 15 is 0 Å². The maximum atomic E-state index is 14.5. The molecule has 4 rings (SSSR count). The summed E-state index contributed by atoms with van der Waals surface area (Å²) in [6, 6.07) is 3.82. The van der Waals surface area contributed by atoms with E-state index < -0.39 is 0 Å². The zero-order chi connectivity index (χ0) is 18.8. The number of hydrogen-bond donors (Lipinski definition) is 2. The van der Waals surface area contributed by atoms with Gasteiger partial charge >= 0.3 is 0 Å². The van der Waals surface area contributed by atoms with E-state index in [1.54, 1.807) is 6.20 Å². The van der Waals surface area contributed by atoms with Gasteiger partial charge in [-0.15, -0.1) is 0 Å². The molecule has 6 heteroatoms. The van der Waals surface area contributed by atoms with Crippen LogP contribution in [-0.2, 0) is 0 Å². The molecular formula is C21H26FN5. The highest BCUT2D eigenvalue weighted by molar-refractivity contribution is 5.62. The van der Waals surface area contributed by atoms with Gasteiger partial charge in [-0.25, -0.2) is 9.37 Å². The van der Waals surface area contributed by atoms with Crippen LogP contribution in [0, 0.1) is 12.7 Å². The first-order chi connectivity index (χ1) is 13.1. The summed E-state index contributed by atoms with van der Waals surface area (Å²) in [6.07, 6.45) is 10.4. The minimum Gasteiger partial charge on any atom is -0.363 e. The summed E-state index contributed by atoms with van der Waals surface area (Å²) in [6.45, 7) is 5.55. The molecule has 2 aliphatic carbocycles. The Balaban J connectivity index is 1.55. The second-order valence-corrected chi connectivity index (χ2v) is 7.68. The average Bonchev–Trinajstić information content (AvgIpc) is 3.51. The number of anilines is 3. The molecule has 2 atom stereocenters. The smallest absolute Gasteiger partial charge is 0.165 e. The minimum atomic E-state index is -0.337. The lowest BCUT2D eigenvalue weighted by molar-refractivity contribution is 0.405. The fourth-order valence-electron chi connectivity index (χ4n) is 3.78. The van der Waals surface area contributed by atoms with Gasteiger partial charge in [-0.2, -0.15) is 0 Å². The lowest BCUT2D eigenvalue weighted by Crippen LogP contribution is -2.35. The van der Waals surface area contributed by atoms with Crippen LogP contribution < -0.4 is 10.6 Å². The number of rotatable bonds is 6. The maximum Gasteiger partial charge on any atom is 0.165 e. The number of nitrogens with zero attached hydrogens (tertiary/aromatic N) is 3. The van der Waals surface area contributed by atoms with E-state index in [-0.39, 0.29) is 23.7 Å². The molecular weight excluding hydrogens is 341 g/mol. The van der Waals surface area contributed by atoms with E-state index in [9.17, 15) is 4.39 Å². The summed E-state index contributed by atoms with van der Waals surface area (Å²) in [7, 11) is 0. The molecule has 0 amide bonds. The molecule has 0 bridgehead atoms. The molecule has 5 nitrogen and oxygen atoms in total. The molecule has 2 saturated carbocycles. The van der Waals surface area contributed by atoms with Gasteiger partial charge in [0.25, 0.3) is 0 Å². The quantitative estimate of drug-likeness (QED) is 0.708. The van der Waals surface area contributed by atoms with Crippen LogP contribution in [0.2, 0.25) is 0 Å². The summed E-state index contributed by atoms with van der Waals surface area (Å²) >= 11 is 0. The Morgan fingerprint density at radius 3 is 2.70 bits per heavy atom. The van der Waals surface area contributed by atoms with Crippen LogP contribution in [-0.4, -0.2) is 28.8 Å². The first-order valence-corrected chi connectivity index (χ1v) is 9.75. The molecule has 2 heterocycles. The molecule has 2 aliphatic rings. The summed E-state index contributed by atoms with van der Waals surface area (Å²) in [4.78, 5) is 13.1. The van der Waals surface area contributed by atoms with E-state index in [4.69, 9.17) is 0 Å². The first kappa shape index (κ1) is 17.9. The number of hydrogen-bond acceptors (Lipinski definition) is 5. The van der Waals surface area contributed by atoms with E-state index in [1.807, 2.05) is 13.1 Å². The van der Waals surface area contributed by atoms with Crippen LogP contribution in [0.1, 0.15) is 55.6 Å². The number of aliphatic imine (C=N–C) groups is 1. The van der Waals surface area contributed by atoms with Crippen molar-refractivity contribution in [3.63, 3.8) is 0 Å². The molecule has 27 heavy (non-hydrogen) atoms. The van der Waals surface area contributed by atoms with E-state index in [2.05, 4.69) is 38.4 Å². The summed E-state index contributed by atoms with van der Waals surface area (Å²) in [5, 5.41) is 6.58. The Hall–Kier alpha value is -2.50. The van der Waals surface area contributed by atoms with Crippen molar-refractivity contribution in [3.8, 4) is 0 Å². The highest BCUT2D eigenvalue weighted by Gasteiger charge is 2.26. The van der Waals surface area contributed by atoms with Gasteiger partial charge in [0.1, 0.15) is 5.82 Å². The lowest BCUT2D eigenvalue weighted by atomic mass is 9.91. The van der Waals surface area contributed by atoms with E-state index in [0.717, 1.165) is 36.9 Å². The molecule has 2 aromatic rings. The van der Waals surface area contributed by atoms with E-state index in [1.165, 1.54) is 24.5 Å². The van der Waals surface area contributed by atoms with Gasteiger partial charge in [0.05, 0.1) is 17.9 Å². The third kappa shape index (κ3) is 4.10. The highest BCUT2D eigenvalue weighted by Crippen LogP contribution is 2.40. The van der Waals surface area contributed by atoms with Crippen LogP contribution in [0.3, 0.4) is 0 Å². The summed E-state index contributed by atoms with van der Waals surface area (Å²) in [5.74, 6) is 1.22. The van der Waals surface area contributed by atoms with Gasteiger partial charge in [-0.1, -0.05) is 12.8 Å². The zero-order valence-electron chi connectivity index (χ0n) is 15.7. The summed E-state index contributed by atoms with van der Waals surface area (Å²) < 4.78 is 14.5. The van der Waals surface area contributed by atoms with Gasteiger partial charge in [-0.3, -0.25) is 9.98 Å². The van der Waals surface area contributed by atoms with Crippen LogP contribution in [0.4, 0.5) is 21.7 Å². The molecule has 2 N–H and O–H groups in total. The van der Waals surface area contributed by atoms with Gasteiger partial charge in [0.15, 0.2) is 11.6 Å². The SMILES string of the molecule is C=NC1CCCCC1Nc1nc(Nc2cncc(C3CC3)c2)c(C)cc1F. The van der Waals surface area contributed by atoms with Crippen molar-refractivity contribution in [2.75, 3.05) is 10.6 Å². The minimum absolute atomic E-state index is 0.0775. The number of nitrogens with one attached hydrogen (secondary N) is 2. The predicted octanol–water partition coefficient (Wildman–Crippen LogP) is 4.97. The maximum absolute atomic E-state index is 14.5. The normalized spacial score (nSPS) is 22.3. The highest BCUT2D eigenvalue weighted by atomic mass is 19.1. The Labute approximate surface area is 159 Å². The fraction of sp³-hybridized carbons (Fsp3) is 0.476.